The van der Waals surface area contributed by atoms with Crippen molar-refractivity contribution in [2.45, 2.75) is 58.1 Å². The Kier molecular flexibility index (Phi) is 2.83. The van der Waals surface area contributed by atoms with Gasteiger partial charge in [0.05, 0.1) is 0 Å². The zero-order chi connectivity index (χ0) is 13.6. The van der Waals surface area contributed by atoms with Crippen LogP contribution in [0.5, 0.6) is 0 Å². The third kappa shape index (κ3) is 2.60. The highest BCUT2D eigenvalue weighted by molar-refractivity contribution is 5.73. The average molecular weight is 254 g/mol. The zero-order valence-corrected chi connectivity index (χ0v) is 11.6. The summed E-state index contributed by atoms with van der Waals surface area (Å²) in [5, 5.41) is 5.81. The van der Waals surface area contributed by atoms with Gasteiger partial charge in [-0.2, -0.15) is 0 Å². The zero-order valence-electron chi connectivity index (χ0n) is 11.6. The van der Waals surface area contributed by atoms with Crippen molar-refractivity contribution in [3.8, 4) is 0 Å². The fourth-order valence-corrected chi connectivity index (χ4v) is 3.15. The summed E-state index contributed by atoms with van der Waals surface area (Å²) in [4.78, 5) is 22.5. The summed E-state index contributed by atoms with van der Waals surface area (Å²) >= 11 is 0. The lowest BCUT2D eigenvalue weighted by Crippen LogP contribution is -2.77. The Morgan fingerprint density at radius 2 is 1.78 bits per heavy atom. The van der Waals surface area contributed by atoms with Gasteiger partial charge in [-0.1, -0.05) is 0 Å². The van der Waals surface area contributed by atoms with Crippen LogP contribution < -0.4 is 10.6 Å². The SMILES string of the molecule is CC(=O)NCC12CC(NC(=O)OC(C)(C)C)(C1)C2. The minimum atomic E-state index is -0.457. The van der Waals surface area contributed by atoms with Crippen molar-refractivity contribution < 1.29 is 14.3 Å². The molecule has 0 aromatic carbocycles. The molecular weight excluding hydrogens is 232 g/mol. The van der Waals surface area contributed by atoms with E-state index in [2.05, 4.69) is 10.6 Å². The van der Waals surface area contributed by atoms with Gasteiger partial charge in [0.15, 0.2) is 0 Å². The Hall–Kier alpha value is -1.26. The molecule has 0 spiro atoms. The standard InChI is InChI=1S/C13H22N2O3/c1-9(16)14-8-12-5-13(6-12,7-12)15-10(17)18-11(2,3)4/h5-8H2,1-4H3,(H,14,16)(H,15,17). The Morgan fingerprint density at radius 1 is 1.22 bits per heavy atom. The van der Waals surface area contributed by atoms with Crippen molar-refractivity contribution in [3.05, 3.63) is 0 Å². The second-order valence-corrected chi connectivity index (χ2v) is 6.85. The van der Waals surface area contributed by atoms with Crippen LogP contribution >= 0.6 is 0 Å². The van der Waals surface area contributed by atoms with Crippen LogP contribution in [-0.2, 0) is 9.53 Å². The summed E-state index contributed by atoms with van der Waals surface area (Å²) in [7, 11) is 0. The normalized spacial score (nSPS) is 32.9. The topological polar surface area (TPSA) is 67.4 Å². The molecule has 0 aromatic heterocycles. The molecule has 2 N–H and O–H groups in total. The molecular formula is C13H22N2O3. The number of hydrogen-bond acceptors (Lipinski definition) is 3. The van der Waals surface area contributed by atoms with E-state index in [1.165, 1.54) is 6.92 Å². The summed E-state index contributed by atoms with van der Waals surface area (Å²) in [6, 6.07) is 0. The summed E-state index contributed by atoms with van der Waals surface area (Å²) < 4.78 is 5.25. The van der Waals surface area contributed by atoms with Crippen molar-refractivity contribution in [1.82, 2.24) is 10.6 Å². The molecule has 3 aliphatic rings. The molecule has 0 unspecified atom stereocenters. The number of rotatable bonds is 3. The van der Waals surface area contributed by atoms with Crippen molar-refractivity contribution in [1.29, 1.82) is 0 Å². The van der Waals surface area contributed by atoms with E-state index in [0.29, 0.717) is 0 Å². The molecule has 18 heavy (non-hydrogen) atoms. The third-order valence-electron chi connectivity index (χ3n) is 3.62. The summed E-state index contributed by atoms with van der Waals surface area (Å²) in [6.45, 7) is 7.81. The number of carbonyl (C=O) groups is 2. The van der Waals surface area contributed by atoms with Crippen LogP contribution in [0, 0.1) is 5.41 Å². The van der Waals surface area contributed by atoms with E-state index in [4.69, 9.17) is 4.74 Å². The quantitative estimate of drug-likeness (QED) is 0.803. The minimum Gasteiger partial charge on any atom is -0.444 e. The first-order chi connectivity index (χ1) is 8.14. The van der Waals surface area contributed by atoms with Crippen molar-refractivity contribution in [3.63, 3.8) is 0 Å². The summed E-state index contributed by atoms with van der Waals surface area (Å²) in [5.74, 6) is 0.00822. The van der Waals surface area contributed by atoms with Gasteiger partial charge in [0.1, 0.15) is 5.60 Å². The molecule has 0 heterocycles. The van der Waals surface area contributed by atoms with E-state index >= 15 is 0 Å². The Balaban J connectivity index is 1.73. The van der Waals surface area contributed by atoms with Crippen LogP contribution in [-0.4, -0.2) is 29.7 Å². The molecule has 2 amide bonds. The van der Waals surface area contributed by atoms with Gasteiger partial charge in [-0.15, -0.1) is 0 Å². The number of ether oxygens (including phenoxy) is 1. The molecule has 3 aliphatic carbocycles. The van der Waals surface area contributed by atoms with Crippen LogP contribution in [0.15, 0.2) is 0 Å². The molecule has 3 saturated carbocycles. The largest absolute Gasteiger partial charge is 0.444 e. The van der Waals surface area contributed by atoms with Gasteiger partial charge in [-0.25, -0.2) is 4.79 Å². The Morgan fingerprint density at radius 3 is 2.22 bits per heavy atom. The van der Waals surface area contributed by atoms with Crippen LogP contribution in [0.1, 0.15) is 47.0 Å². The second-order valence-electron chi connectivity index (χ2n) is 6.85. The first-order valence-corrected chi connectivity index (χ1v) is 6.39. The molecule has 0 atom stereocenters. The second kappa shape index (κ2) is 3.87. The van der Waals surface area contributed by atoms with E-state index in [-0.39, 0.29) is 23.0 Å². The maximum absolute atomic E-state index is 11.7. The highest BCUT2D eigenvalue weighted by atomic mass is 16.6. The summed E-state index contributed by atoms with van der Waals surface area (Å²) in [5.41, 5.74) is -0.303. The van der Waals surface area contributed by atoms with Gasteiger partial charge in [0, 0.05) is 19.0 Å². The monoisotopic (exact) mass is 254 g/mol. The predicted octanol–water partition coefficient (Wildman–Crippen LogP) is 1.57. The number of alkyl carbamates (subject to hydrolysis) is 1. The maximum Gasteiger partial charge on any atom is 0.408 e. The lowest BCUT2D eigenvalue weighted by Gasteiger charge is -2.70. The fourth-order valence-electron chi connectivity index (χ4n) is 3.15. The van der Waals surface area contributed by atoms with Gasteiger partial charge >= 0.3 is 6.09 Å². The number of amides is 2. The van der Waals surface area contributed by atoms with E-state index in [1.54, 1.807) is 0 Å². The molecule has 5 heteroatoms. The van der Waals surface area contributed by atoms with Crippen LogP contribution in [0.4, 0.5) is 4.79 Å². The maximum atomic E-state index is 11.7. The molecule has 0 aliphatic heterocycles. The molecule has 0 radical (unpaired) electrons. The number of nitrogens with one attached hydrogen (secondary N) is 2. The number of hydrogen-bond donors (Lipinski definition) is 2. The highest BCUT2D eigenvalue weighted by Crippen LogP contribution is 2.66. The van der Waals surface area contributed by atoms with Crippen molar-refractivity contribution in [2.24, 2.45) is 5.41 Å². The van der Waals surface area contributed by atoms with Crippen LogP contribution in [0.25, 0.3) is 0 Å². The average Bonchev–Trinajstić information content (AvgIpc) is 2.03. The first-order valence-electron chi connectivity index (χ1n) is 6.39. The van der Waals surface area contributed by atoms with Crippen LogP contribution in [0.2, 0.25) is 0 Å². The first kappa shape index (κ1) is 13.2. The molecule has 0 saturated heterocycles. The highest BCUT2D eigenvalue weighted by Gasteiger charge is 2.68. The Bertz CT molecular complexity index is 364. The smallest absolute Gasteiger partial charge is 0.408 e. The molecule has 0 aromatic rings. The van der Waals surface area contributed by atoms with Crippen LogP contribution in [0.3, 0.4) is 0 Å². The molecule has 3 rings (SSSR count). The third-order valence-corrected chi connectivity index (χ3v) is 3.62. The van der Waals surface area contributed by atoms with E-state index in [1.807, 2.05) is 20.8 Å². The predicted molar refractivity (Wildman–Crippen MR) is 67.1 cm³/mol. The van der Waals surface area contributed by atoms with Crippen molar-refractivity contribution >= 4 is 12.0 Å². The van der Waals surface area contributed by atoms with E-state index in [0.717, 1.165) is 25.8 Å². The molecule has 2 bridgehead atoms. The minimum absolute atomic E-state index is 0.00822. The molecule has 5 nitrogen and oxygen atoms in total. The molecule has 102 valence electrons. The number of carbonyl (C=O) groups excluding carboxylic acids is 2. The van der Waals surface area contributed by atoms with E-state index < -0.39 is 5.60 Å². The Labute approximate surface area is 108 Å². The fraction of sp³-hybridized carbons (Fsp3) is 0.846. The van der Waals surface area contributed by atoms with E-state index in [9.17, 15) is 9.59 Å². The lowest BCUT2D eigenvalue weighted by molar-refractivity contribution is -0.152. The summed E-state index contributed by atoms with van der Waals surface area (Å²) in [6.07, 6.45) is 2.49. The molecule has 3 fully saturated rings. The van der Waals surface area contributed by atoms with Gasteiger partial charge in [-0.05, 0) is 45.4 Å². The lowest BCUT2D eigenvalue weighted by atomic mass is 9.39. The van der Waals surface area contributed by atoms with Gasteiger partial charge in [0.25, 0.3) is 0 Å². The van der Waals surface area contributed by atoms with Crippen molar-refractivity contribution in [2.75, 3.05) is 6.54 Å². The van der Waals surface area contributed by atoms with Gasteiger partial charge in [-0.3, -0.25) is 4.79 Å². The van der Waals surface area contributed by atoms with Gasteiger partial charge < -0.3 is 15.4 Å². The van der Waals surface area contributed by atoms with Gasteiger partial charge in [0.2, 0.25) is 5.91 Å².